The molecule has 0 aliphatic carbocycles. The van der Waals surface area contributed by atoms with Crippen molar-refractivity contribution in [3.8, 4) is 11.3 Å². The number of furan rings is 1. The average Bonchev–Trinajstić information content (AvgIpc) is 3.48. The molecule has 0 aliphatic rings. The Labute approximate surface area is 321 Å². The van der Waals surface area contributed by atoms with E-state index in [0.29, 0.717) is 5.92 Å². The molecule has 51 heavy (non-hydrogen) atoms. The summed E-state index contributed by atoms with van der Waals surface area (Å²) in [5.41, 5.74) is 5.83. The van der Waals surface area contributed by atoms with Crippen LogP contribution < -0.4 is 5.19 Å². The first-order chi connectivity index (χ1) is 23.4. The predicted octanol–water partition coefficient (Wildman–Crippen LogP) is 12.6. The molecule has 2 aromatic heterocycles. The van der Waals surface area contributed by atoms with Crippen LogP contribution in [0.1, 0.15) is 98.0 Å². The maximum absolute atomic E-state index is 12.2. The van der Waals surface area contributed by atoms with Gasteiger partial charge in [-0.3, -0.25) is 9.78 Å². The van der Waals surface area contributed by atoms with Crippen molar-refractivity contribution in [3.05, 3.63) is 83.3 Å². The van der Waals surface area contributed by atoms with Crippen molar-refractivity contribution >= 4 is 51.7 Å². The van der Waals surface area contributed by atoms with Crippen LogP contribution in [0.3, 0.4) is 0 Å². The van der Waals surface area contributed by atoms with E-state index in [1.807, 2.05) is 41.5 Å². The normalized spacial score (nSPS) is 12.7. The third-order valence-electron chi connectivity index (χ3n) is 11.0. The third-order valence-corrected chi connectivity index (χ3v) is 13.0. The van der Waals surface area contributed by atoms with Crippen LogP contribution in [0, 0.1) is 36.7 Å². The first-order valence-corrected chi connectivity index (χ1v) is 22.2. The van der Waals surface area contributed by atoms with E-state index in [1.54, 1.807) is 0 Å². The van der Waals surface area contributed by atoms with Gasteiger partial charge >= 0.3 is 0 Å². The standard InChI is InChI=1S/C30H32NOSi.C15H28O2.Ir/c1-18(2)12-23-17-25-29(31-26-14-19(3)13-20(4)28(26)30(25)32-23)22-15-21-10-8-9-11-24(21)27(16-22)33(5,6)7;1-7-14(5,8-2)12(16)11-13(17)15(6,9-3)10-4;/h8-11,13-14,16-18H,12H2,1-7H3;11,16H,7-10H2,1-6H3;/q-1;;/b;12-11-;. The second-order valence-electron chi connectivity index (χ2n) is 16.3. The van der Waals surface area contributed by atoms with Crippen LogP contribution in [0.25, 0.3) is 43.9 Å². The van der Waals surface area contributed by atoms with E-state index in [1.165, 1.54) is 27.8 Å². The number of aliphatic hydroxyl groups excluding tert-OH is 1. The number of carbonyl (C=O) groups excluding carboxylic acids is 1. The number of aromatic nitrogens is 1. The van der Waals surface area contributed by atoms with E-state index in [0.717, 1.165) is 76.4 Å². The minimum atomic E-state index is -1.59. The van der Waals surface area contributed by atoms with Crippen LogP contribution in [0.2, 0.25) is 19.6 Å². The Balaban J connectivity index is 0.000000335. The topological polar surface area (TPSA) is 63.3 Å². The molecule has 0 bridgehead atoms. The summed E-state index contributed by atoms with van der Waals surface area (Å²) >= 11 is 0. The van der Waals surface area contributed by atoms with Gasteiger partial charge in [0.25, 0.3) is 0 Å². The van der Waals surface area contributed by atoms with Crippen LogP contribution in [-0.4, -0.2) is 23.9 Å². The molecule has 0 amide bonds. The molecule has 5 aromatic rings. The fourth-order valence-electron chi connectivity index (χ4n) is 6.68. The predicted molar refractivity (Wildman–Crippen MR) is 217 cm³/mol. The van der Waals surface area contributed by atoms with E-state index < -0.39 is 8.07 Å². The molecule has 3 aromatic carbocycles. The molecule has 0 saturated carbocycles. The molecular weight excluding hydrogens is 823 g/mol. The first kappa shape index (κ1) is 42.4. The molecule has 1 N–H and O–H groups in total. The summed E-state index contributed by atoms with van der Waals surface area (Å²) in [6.45, 7) is 28.1. The number of nitrogens with zero attached hydrogens (tertiary/aromatic N) is 1. The van der Waals surface area contributed by atoms with Gasteiger partial charge in [0, 0.05) is 59.9 Å². The Morgan fingerprint density at radius 2 is 1.53 bits per heavy atom. The fourth-order valence-corrected chi connectivity index (χ4v) is 8.29. The minimum absolute atomic E-state index is 0. The van der Waals surface area contributed by atoms with E-state index in [9.17, 15) is 9.90 Å². The van der Waals surface area contributed by atoms with Crippen molar-refractivity contribution in [2.75, 3.05) is 0 Å². The van der Waals surface area contributed by atoms with Gasteiger partial charge in [-0.2, -0.15) is 0 Å². The maximum Gasteiger partial charge on any atom is 0.164 e. The molecule has 0 spiro atoms. The summed E-state index contributed by atoms with van der Waals surface area (Å²) in [4.78, 5) is 17.4. The van der Waals surface area contributed by atoms with Gasteiger partial charge in [-0.05, 0) is 68.7 Å². The first-order valence-electron chi connectivity index (χ1n) is 18.7. The summed E-state index contributed by atoms with van der Waals surface area (Å²) in [6, 6.07) is 21.3. The molecule has 0 saturated heterocycles. The van der Waals surface area contributed by atoms with Crippen molar-refractivity contribution < 1.29 is 34.4 Å². The van der Waals surface area contributed by atoms with Crippen molar-refractivity contribution in [1.82, 2.24) is 4.98 Å². The zero-order chi connectivity index (χ0) is 37.2. The van der Waals surface area contributed by atoms with Crippen molar-refractivity contribution in [3.63, 3.8) is 0 Å². The van der Waals surface area contributed by atoms with Gasteiger partial charge in [0.2, 0.25) is 0 Å². The van der Waals surface area contributed by atoms with Crippen LogP contribution in [0.5, 0.6) is 0 Å². The molecule has 5 rings (SSSR count). The molecule has 2 heterocycles. The zero-order valence-corrected chi connectivity index (χ0v) is 36.7. The van der Waals surface area contributed by atoms with Gasteiger partial charge in [-0.1, -0.05) is 110 Å². The van der Waals surface area contributed by atoms with Gasteiger partial charge in [0.05, 0.1) is 13.6 Å². The SMILES string of the molecule is CCC(C)(CC)C(=O)/C=C(\O)C(C)(CC)CC.Cc1cc(C)c2c(c1)nc(-c1[c-]c3ccccc3c([Si](C)(C)C)c1)c1cc(CC(C)C)oc12.[Ir]. The summed E-state index contributed by atoms with van der Waals surface area (Å²) in [5, 5.41) is 16.3. The fraction of sp³-hybridized carbons (Fsp3) is 0.467. The number of hydrogen-bond donors (Lipinski definition) is 1. The van der Waals surface area contributed by atoms with Gasteiger partial charge < -0.3 is 9.52 Å². The molecule has 6 heteroatoms. The van der Waals surface area contributed by atoms with E-state index in [2.05, 4.69) is 102 Å². The van der Waals surface area contributed by atoms with E-state index in [4.69, 9.17) is 9.40 Å². The number of hydrogen-bond acceptors (Lipinski definition) is 4. The number of aliphatic hydroxyl groups is 1. The van der Waals surface area contributed by atoms with Crippen LogP contribution in [-0.2, 0) is 31.3 Å². The molecule has 0 aliphatic heterocycles. The second-order valence-corrected chi connectivity index (χ2v) is 21.4. The van der Waals surface area contributed by atoms with E-state index >= 15 is 0 Å². The third kappa shape index (κ3) is 9.13. The van der Waals surface area contributed by atoms with Crippen LogP contribution in [0.4, 0.5) is 0 Å². The quantitative estimate of drug-likeness (QED) is 0.0621. The maximum atomic E-state index is 12.2. The smallest absolute Gasteiger partial charge is 0.164 e. The van der Waals surface area contributed by atoms with Crippen LogP contribution >= 0.6 is 0 Å². The van der Waals surface area contributed by atoms with Crippen molar-refractivity contribution in [1.29, 1.82) is 0 Å². The van der Waals surface area contributed by atoms with Gasteiger partial charge in [0.15, 0.2) is 5.78 Å². The number of ketones is 1. The number of fused-ring (bicyclic) bond motifs is 4. The number of aryl methyl sites for hydroxylation is 2. The summed E-state index contributed by atoms with van der Waals surface area (Å²) in [6.07, 6.45) is 5.67. The molecule has 4 nitrogen and oxygen atoms in total. The van der Waals surface area contributed by atoms with Crippen molar-refractivity contribution in [2.45, 2.75) is 121 Å². The van der Waals surface area contributed by atoms with Gasteiger partial charge in [-0.15, -0.1) is 28.8 Å². The second kappa shape index (κ2) is 16.7. The van der Waals surface area contributed by atoms with E-state index in [-0.39, 0.29) is 42.5 Å². The number of benzene rings is 3. The summed E-state index contributed by atoms with van der Waals surface area (Å²) in [5.74, 6) is 1.85. The largest absolute Gasteiger partial charge is 0.512 e. The Hall–Kier alpha value is -3.05. The molecule has 0 unspecified atom stereocenters. The molecule has 0 atom stereocenters. The average molecular weight is 883 g/mol. The van der Waals surface area contributed by atoms with Crippen LogP contribution in [0.15, 0.2) is 64.8 Å². The monoisotopic (exact) mass is 883 g/mol. The number of pyridine rings is 1. The van der Waals surface area contributed by atoms with Crippen molar-refractivity contribution in [2.24, 2.45) is 16.7 Å². The molecule has 1 radical (unpaired) electrons. The summed E-state index contributed by atoms with van der Waals surface area (Å²) in [7, 11) is -1.59. The molecule has 0 fully saturated rings. The zero-order valence-electron chi connectivity index (χ0n) is 33.4. The number of allylic oxidation sites excluding steroid dienone is 2. The Bertz CT molecular complexity index is 2020. The van der Waals surface area contributed by atoms with Gasteiger partial charge in [0.1, 0.15) is 17.1 Å². The minimum Gasteiger partial charge on any atom is -0.512 e. The number of rotatable bonds is 11. The Morgan fingerprint density at radius 3 is 2.10 bits per heavy atom. The summed E-state index contributed by atoms with van der Waals surface area (Å²) < 4.78 is 6.51. The number of carbonyl (C=O) groups is 1. The Morgan fingerprint density at radius 1 is 0.922 bits per heavy atom. The van der Waals surface area contributed by atoms with Gasteiger partial charge in [-0.25, -0.2) is 0 Å². The molecule has 277 valence electrons. The molecular formula is C45H60IrNO3Si-. The Kier molecular flexibility index (Phi) is 13.9.